The SMILES string of the molecule is O=C(O)c1cn(C2CC2)c2cc(-c3ccc4c(c3)CN(C(=O)OCc3ccccc3)C4)ccc2c1=O. The van der Waals surface area contributed by atoms with Crippen LogP contribution < -0.4 is 5.43 Å². The van der Waals surface area contributed by atoms with Crippen molar-refractivity contribution in [3.05, 3.63) is 105 Å². The fourth-order valence-corrected chi connectivity index (χ4v) is 4.85. The average molecular weight is 481 g/mol. The number of nitrogens with zero attached hydrogens (tertiary/aromatic N) is 2. The molecule has 180 valence electrons. The Kier molecular flexibility index (Phi) is 5.33. The van der Waals surface area contributed by atoms with Gasteiger partial charge in [0.05, 0.1) is 5.52 Å². The van der Waals surface area contributed by atoms with Crippen molar-refractivity contribution in [1.82, 2.24) is 9.47 Å². The first-order valence-electron chi connectivity index (χ1n) is 12.0. The second-order valence-electron chi connectivity index (χ2n) is 9.43. The quantitative estimate of drug-likeness (QED) is 0.416. The van der Waals surface area contributed by atoms with Crippen LogP contribution >= 0.6 is 0 Å². The molecule has 3 aromatic carbocycles. The summed E-state index contributed by atoms with van der Waals surface area (Å²) in [6.07, 6.45) is 3.08. The van der Waals surface area contributed by atoms with Crippen LogP contribution in [0.4, 0.5) is 4.79 Å². The zero-order chi connectivity index (χ0) is 24.8. The molecule has 0 spiro atoms. The topological polar surface area (TPSA) is 88.8 Å². The lowest BCUT2D eigenvalue weighted by Crippen LogP contribution is -2.25. The van der Waals surface area contributed by atoms with Crippen LogP contribution in [0.3, 0.4) is 0 Å². The number of aromatic carboxylic acids is 1. The minimum Gasteiger partial charge on any atom is -0.477 e. The van der Waals surface area contributed by atoms with E-state index in [2.05, 4.69) is 6.07 Å². The third-order valence-electron chi connectivity index (χ3n) is 6.93. The molecule has 0 atom stereocenters. The van der Waals surface area contributed by atoms with Gasteiger partial charge in [0.2, 0.25) is 5.43 Å². The molecule has 7 nitrogen and oxygen atoms in total. The molecule has 1 amide bonds. The van der Waals surface area contributed by atoms with E-state index in [0.717, 1.165) is 46.2 Å². The Bertz CT molecular complexity index is 1570. The highest BCUT2D eigenvalue weighted by Gasteiger charge is 2.28. The maximum atomic E-state index is 12.8. The molecule has 6 rings (SSSR count). The Morgan fingerprint density at radius 1 is 0.917 bits per heavy atom. The van der Waals surface area contributed by atoms with Crippen LogP contribution in [0.15, 0.2) is 77.7 Å². The van der Waals surface area contributed by atoms with E-state index in [1.807, 2.05) is 59.2 Å². The standard InChI is InChI=1S/C29H24N2O5/c32-27-24-11-8-20(13-26(24)31(23-9-10-23)16-25(27)28(33)34)19-6-7-21-14-30(15-22(21)12-19)29(35)36-17-18-4-2-1-3-5-18/h1-8,11-13,16,23H,9-10,14-15,17H2,(H,33,34). The van der Waals surface area contributed by atoms with Crippen molar-refractivity contribution < 1.29 is 19.4 Å². The number of benzene rings is 3. The highest BCUT2D eigenvalue weighted by atomic mass is 16.6. The van der Waals surface area contributed by atoms with Crippen LogP contribution in [0.25, 0.3) is 22.0 Å². The first kappa shape index (κ1) is 22.1. The summed E-state index contributed by atoms with van der Waals surface area (Å²) in [6.45, 7) is 1.21. The van der Waals surface area contributed by atoms with Crippen molar-refractivity contribution in [1.29, 1.82) is 0 Å². The fourth-order valence-electron chi connectivity index (χ4n) is 4.85. The molecule has 1 fully saturated rings. The number of amides is 1. The summed E-state index contributed by atoms with van der Waals surface area (Å²) in [5, 5.41) is 9.89. The number of carbonyl (C=O) groups is 2. The summed E-state index contributed by atoms with van der Waals surface area (Å²) in [5.41, 5.74) is 5.10. The molecular weight excluding hydrogens is 456 g/mol. The lowest BCUT2D eigenvalue weighted by Gasteiger charge is -2.15. The molecule has 1 aliphatic carbocycles. The Labute approximate surface area is 207 Å². The normalized spacial score (nSPS) is 14.6. The molecule has 7 heteroatoms. The number of carboxylic acid groups (broad SMARTS) is 1. The van der Waals surface area contributed by atoms with Crippen LogP contribution in [-0.2, 0) is 24.4 Å². The molecule has 1 aliphatic heterocycles. The van der Waals surface area contributed by atoms with Gasteiger partial charge >= 0.3 is 12.1 Å². The summed E-state index contributed by atoms with van der Waals surface area (Å²) < 4.78 is 7.43. The number of carbonyl (C=O) groups excluding carboxylic acids is 1. The number of hydrogen-bond donors (Lipinski definition) is 1. The van der Waals surface area contributed by atoms with E-state index in [4.69, 9.17) is 4.74 Å². The van der Waals surface area contributed by atoms with E-state index < -0.39 is 11.4 Å². The summed E-state index contributed by atoms with van der Waals surface area (Å²) >= 11 is 0. The fraction of sp³-hybridized carbons (Fsp3) is 0.207. The van der Waals surface area contributed by atoms with Gasteiger partial charge in [0, 0.05) is 30.7 Å². The second kappa shape index (κ2) is 8.68. The summed E-state index contributed by atoms with van der Waals surface area (Å²) in [7, 11) is 0. The Morgan fingerprint density at radius 3 is 2.39 bits per heavy atom. The van der Waals surface area contributed by atoms with Crippen molar-refractivity contribution >= 4 is 23.0 Å². The molecule has 1 N–H and O–H groups in total. The highest BCUT2D eigenvalue weighted by Crippen LogP contribution is 2.38. The highest BCUT2D eigenvalue weighted by molar-refractivity contribution is 5.94. The van der Waals surface area contributed by atoms with Crippen molar-refractivity contribution in [2.24, 2.45) is 0 Å². The number of ether oxygens (including phenoxy) is 1. The number of fused-ring (bicyclic) bond motifs is 2. The summed E-state index contributed by atoms with van der Waals surface area (Å²) in [5.74, 6) is -1.20. The maximum Gasteiger partial charge on any atom is 0.410 e. The van der Waals surface area contributed by atoms with Gasteiger partial charge in [-0.05, 0) is 58.9 Å². The molecule has 4 aromatic rings. The van der Waals surface area contributed by atoms with Crippen molar-refractivity contribution in [3.63, 3.8) is 0 Å². The van der Waals surface area contributed by atoms with E-state index in [1.165, 1.54) is 6.20 Å². The van der Waals surface area contributed by atoms with Crippen LogP contribution in [0.5, 0.6) is 0 Å². The third kappa shape index (κ3) is 4.02. The number of aromatic nitrogens is 1. The number of hydrogen-bond acceptors (Lipinski definition) is 4. The van der Waals surface area contributed by atoms with E-state index in [9.17, 15) is 19.5 Å². The average Bonchev–Trinajstić information content (AvgIpc) is 3.65. The van der Waals surface area contributed by atoms with Crippen LogP contribution in [0.2, 0.25) is 0 Å². The molecule has 36 heavy (non-hydrogen) atoms. The third-order valence-corrected chi connectivity index (χ3v) is 6.93. The Balaban J connectivity index is 1.26. The number of carboxylic acids is 1. The van der Waals surface area contributed by atoms with Gasteiger partial charge in [-0.3, -0.25) is 9.69 Å². The van der Waals surface area contributed by atoms with Gasteiger partial charge in [0.25, 0.3) is 0 Å². The molecule has 0 saturated heterocycles. The van der Waals surface area contributed by atoms with Gasteiger partial charge in [-0.1, -0.05) is 48.5 Å². The first-order valence-corrected chi connectivity index (χ1v) is 12.0. The smallest absolute Gasteiger partial charge is 0.410 e. The first-order chi connectivity index (χ1) is 17.5. The Hall–Kier alpha value is -4.39. The molecule has 2 aliphatic rings. The molecule has 0 unspecified atom stereocenters. The molecule has 0 radical (unpaired) electrons. The number of rotatable bonds is 5. The van der Waals surface area contributed by atoms with Gasteiger partial charge in [0.15, 0.2) is 0 Å². The van der Waals surface area contributed by atoms with Crippen LogP contribution in [0, 0.1) is 0 Å². The van der Waals surface area contributed by atoms with Gasteiger partial charge in [-0.2, -0.15) is 0 Å². The van der Waals surface area contributed by atoms with Crippen LogP contribution in [0.1, 0.15) is 45.9 Å². The predicted octanol–water partition coefficient (Wildman–Crippen LogP) is 5.35. The Morgan fingerprint density at radius 2 is 1.64 bits per heavy atom. The largest absolute Gasteiger partial charge is 0.477 e. The second-order valence-corrected chi connectivity index (χ2v) is 9.43. The van der Waals surface area contributed by atoms with Crippen LogP contribution in [-0.4, -0.2) is 26.6 Å². The van der Waals surface area contributed by atoms with Gasteiger partial charge in [0.1, 0.15) is 12.2 Å². The lowest BCUT2D eigenvalue weighted by molar-refractivity contribution is 0.0694. The zero-order valence-corrected chi connectivity index (χ0v) is 19.5. The van der Waals surface area contributed by atoms with E-state index in [-0.39, 0.29) is 24.3 Å². The van der Waals surface area contributed by atoms with E-state index >= 15 is 0 Å². The molecule has 2 heterocycles. The monoisotopic (exact) mass is 480 g/mol. The summed E-state index contributed by atoms with van der Waals surface area (Å²) in [6, 6.07) is 21.5. The summed E-state index contributed by atoms with van der Waals surface area (Å²) in [4.78, 5) is 38.7. The zero-order valence-electron chi connectivity index (χ0n) is 19.5. The lowest BCUT2D eigenvalue weighted by atomic mass is 9.99. The molecule has 1 saturated carbocycles. The van der Waals surface area contributed by atoms with Gasteiger partial charge in [-0.25, -0.2) is 9.59 Å². The number of pyridine rings is 1. The predicted molar refractivity (Wildman–Crippen MR) is 135 cm³/mol. The minimum atomic E-state index is -1.20. The minimum absolute atomic E-state index is 0.195. The van der Waals surface area contributed by atoms with Crippen molar-refractivity contribution in [2.45, 2.75) is 38.6 Å². The van der Waals surface area contributed by atoms with Gasteiger partial charge in [-0.15, -0.1) is 0 Å². The molecule has 0 bridgehead atoms. The van der Waals surface area contributed by atoms with Gasteiger partial charge < -0.3 is 14.4 Å². The van der Waals surface area contributed by atoms with E-state index in [0.29, 0.717) is 18.5 Å². The van der Waals surface area contributed by atoms with Crippen molar-refractivity contribution in [3.8, 4) is 11.1 Å². The maximum absolute atomic E-state index is 12.8. The van der Waals surface area contributed by atoms with Crippen molar-refractivity contribution in [2.75, 3.05) is 0 Å². The molecule has 1 aromatic heterocycles. The van der Waals surface area contributed by atoms with E-state index in [1.54, 1.807) is 11.0 Å². The molecular formula is C29H24N2O5.